The molecule has 7 nitrogen and oxygen atoms in total. The number of ether oxygens (including phenoxy) is 2. The van der Waals surface area contributed by atoms with Crippen LogP contribution in [0, 0.1) is 12.7 Å². The van der Waals surface area contributed by atoms with Gasteiger partial charge < -0.3 is 18.9 Å². The van der Waals surface area contributed by atoms with E-state index in [1.807, 2.05) is 49.7 Å². The lowest BCUT2D eigenvalue weighted by Crippen LogP contribution is -2.45. The van der Waals surface area contributed by atoms with Crippen LogP contribution in [0.25, 0.3) is 11.8 Å². The highest BCUT2D eigenvalue weighted by Gasteiger charge is 2.33. The number of imidazole rings is 1. The van der Waals surface area contributed by atoms with Crippen molar-refractivity contribution < 1.29 is 18.7 Å². The number of morpholine rings is 1. The number of amides is 1. The van der Waals surface area contributed by atoms with Gasteiger partial charge in [-0.25, -0.2) is 9.37 Å². The number of halogens is 1. The molecule has 4 rings (SSSR count). The first-order valence-electron chi connectivity index (χ1n) is 10.4. The molecule has 0 N–H and O–H groups in total. The molecule has 0 saturated carbocycles. The summed E-state index contributed by atoms with van der Waals surface area (Å²) in [5, 5.41) is 0. The Hall–Kier alpha value is -3.68. The monoisotopic (exact) mass is 436 g/mol. The number of benzene rings is 1. The molecular formula is C24H25FN4O3. The summed E-state index contributed by atoms with van der Waals surface area (Å²) in [4.78, 5) is 23.3. The first-order valence-corrected chi connectivity index (χ1v) is 10.4. The lowest BCUT2D eigenvalue weighted by Gasteiger charge is -2.36. The van der Waals surface area contributed by atoms with Crippen molar-refractivity contribution in [2.75, 3.05) is 13.7 Å². The molecule has 3 aromatic rings. The van der Waals surface area contributed by atoms with Crippen molar-refractivity contribution in [3.05, 3.63) is 77.6 Å². The van der Waals surface area contributed by atoms with Gasteiger partial charge in [0.1, 0.15) is 17.7 Å². The van der Waals surface area contributed by atoms with Gasteiger partial charge in [-0.1, -0.05) is 6.07 Å². The van der Waals surface area contributed by atoms with E-state index >= 15 is 0 Å². The molecule has 2 atom stereocenters. The molecule has 1 amide bonds. The average Bonchev–Trinajstić information content (AvgIpc) is 3.22. The molecule has 1 aromatic carbocycles. The summed E-state index contributed by atoms with van der Waals surface area (Å²) >= 11 is 0. The second-order valence-corrected chi connectivity index (χ2v) is 7.83. The third-order valence-electron chi connectivity index (χ3n) is 5.39. The molecule has 2 aromatic heterocycles. The predicted molar refractivity (Wildman–Crippen MR) is 118 cm³/mol. The van der Waals surface area contributed by atoms with E-state index in [-0.39, 0.29) is 23.8 Å². The van der Waals surface area contributed by atoms with Gasteiger partial charge in [0.2, 0.25) is 0 Å². The summed E-state index contributed by atoms with van der Waals surface area (Å²) < 4.78 is 26.6. The van der Waals surface area contributed by atoms with Crippen LogP contribution in [0.5, 0.6) is 5.75 Å². The largest absolute Gasteiger partial charge is 0.495 e. The summed E-state index contributed by atoms with van der Waals surface area (Å²) in [7, 11) is 1.60. The van der Waals surface area contributed by atoms with Crippen molar-refractivity contribution in [3.8, 4) is 11.4 Å². The zero-order valence-corrected chi connectivity index (χ0v) is 18.4. The van der Waals surface area contributed by atoms with Gasteiger partial charge in [-0.2, -0.15) is 0 Å². The number of methoxy groups -OCH3 is 1. The van der Waals surface area contributed by atoms with Gasteiger partial charge in [-0.15, -0.1) is 0 Å². The molecule has 1 saturated heterocycles. The normalized spacial score (nSPS) is 18.5. The Kier molecular flexibility index (Phi) is 5.94. The number of aromatic nitrogens is 3. The molecular weight excluding hydrogens is 411 g/mol. The second kappa shape index (κ2) is 8.82. The SMILES string of the molecule is COc1cc(/C=C2\O[C@@H](C)CN([C@H](C)c3ccc(F)cn3)C2=O)ccc1-n1cnc(C)c1. The number of rotatable bonds is 5. The van der Waals surface area contributed by atoms with Crippen molar-refractivity contribution in [3.63, 3.8) is 0 Å². The number of carbonyl (C=O) groups is 1. The lowest BCUT2D eigenvalue weighted by atomic mass is 10.1. The smallest absolute Gasteiger partial charge is 0.289 e. The van der Waals surface area contributed by atoms with Gasteiger partial charge in [0.05, 0.1) is 49.3 Å². The van der Waals surface area contributed by atoms with Crippen LogP contribution < -0.4 is 4.74 Å². The molecule has 3 heterocycles. The van der Waals surface area contributed by atoms with Crippen LogP contribution >= 0.6 is 0 Å². The molecule has 0 bridgehead atoms. The minimum Gasteiger partial charge on any atom is -0.495 e. The molecule has 166 valence electrons. The highest BCUT2D eigenvalue weighted by Crippen LogP contribution is 2.29. The number of hydrogen-bond acceptors (Lipinski definition) is 5. The van der Waals surface area contributed by atoms with Crippen LogP contribution in [-0.2, 0) is 9.53 Å². The molecule has 1 fully saturated rings. The van der Waals surface area contributed by atoms with Crippen molar-refractivity contribution in [2.24, 2.45) is 0 Å². The Morgan fingerprint density at radius 3 is 2.75 bits per heavy atom. The van der Waals surface area contributed by atoms with Gasteiger partial charge >= 0.3 is 0 Å². The van der Waals surface area contributed by atoms with Gasteiger partial charge in [0.25, 0.3) is 5.91 Å². The van der Waals surface area contributed by atoms with Crippen LogP contribution in [0.3, 0.4) is 0 Å². The van der Waals surface area contributed by atoms with E-state index in [1.165, 1.54) is 6.07 Å². The van der Waals surface area contributed by atoms with Crippen molar-refractivity contribution >= 4 is 12.0 Å². The third kappa shape index (κ3) is 4.34. The molecule has 8 heteroatoms. The molecule has 0 radical (unpaired) electrons. The van der Waals surface area contributed by atoms with E-state index in [9.17, 15) is 9.18 Å². The Bertz CT molecular complexity index is 1160. The first-order chi connectivity index (χ1) is 15.4. The number of hydrogen-bond donors (Lipinski definition) is 0. The molecule has 0 unspecified atom stereocenters. The van der Waals surface area contributed by atoms with E-state index in [4.69, 9.17) is 9.47 Å². The van der Waals surface area contributed by atoms with E-state index in [1.54, 1.807) is 30.5 Å². The highest BCUT2D eigenvalue weighted by molar-refractivity contribution is 5.96. The highest BCUT2D eigenvalue weighted by atomic mass is 19.1. The fraction of sp³-hybridized carbons (Fsp3) is 0.292. The van der Waals surface area contributed by atoms with Crippen LogP contribution in [0.1, 0.15) is 36.8 Å². The molecule has 0 aliphatic carbocycles. The quantitative estimate of drug-likeness (QED) is 0.564. The Balaban J connectivity index is 1.62. The maximum Gasteiger partial charge on any atom is 0.289 e. The van der Waals surface area contributed by atoms with Gasteiger partial charge in [0.15, 0.2) is 5.76 Å². The maximum absolute atomic E-state index is 13.2. The van der Waals surface area contributed by atoms with Crippen LogP contribution in [-0.4, -0.2) is 45.1 Å². The summed E-state index contributed by atoms with van der Waals surface area (Å²) in [6.45, 7) is 6.11. The second-order valence-electron chi connectivity index (χ2n) is 7.83. The first kappa shape index (κ1) is 21.5. The zero-order valence-electron chi connectivity index (χ0n) is 18.4. The molecule has 1 aliphatic rings. The zero-order chi connectivity index (χ0) is 22.8. The minimum atomic E-state index is -0.411. The van der Waals surface area contributed by atoms with Crippen LogP contribution in [0.2, 0.25) is 0 Å². The summed E-state index contributed by atoms with van der Waals surface area (Å²) in [5.41, 5.74) is 3.14. The number of pyridine rings is 1. The number of nitrogens with zero attached hydrogens (tertiary/aromatic N) is 4. The predicted octanol–water partition coefficient (Wildman–Crippen LogP) is 4.07. The van der Waals surface area contributed by atoms with Crippen LogP contribution in [0.4, 0.5) is 4.39 Å². The van der Waals surface area contributed by atoms with E-state index in [2.05, 4.69) is 9.97 Å². The van der Waals surface area contributed by atoms with E-state index in [0.717, 1.165) is 23.1 Å². The molecule has 1 aliphatic heterocycles. The van der Waals surface area contributed by atoms with Crippen molar-refractivity contribution in [1.29, 1.82) is 0 Å². The molecule has 32 heavy (non-hydrogen) atoms. The Morgan fingerprint density at radius 2 is 2.09 bits per heavy atom. The molecule has 0 spiro atoms. The van der Waals surface area contributed by atoms with E-state index in [0.29, 0.717) is 18.0 Å². The van der Waals surface area contributed by atoms with Crippen molar-refractivity contribution in [1.82, 2.24) is 19.4 Å². The van der Waals surface area contributed by atoms with Gasteiger partial charge in [-0.3, -0.25) is 9.78 Å². The van der Waals surface area contributed by atoms with Gasteiger partial charge in [0, 0.05) is 6.20 Å². The summed E-state index contributed by atoms with van der Waals surface area (Å²) in [6.07, 6.45) is 6.31. The Morgan fingerprint density at radius 1 is 1.28 bits per heavy atom. The summed E-state index contributed by atoms with van der Waals surface area (Å²) in [5.74, 6) is 0.237. The third-order valence-corrected chi connectivity index (χ3v) is 5.39. The maximum atomic E-state index is 13.2. The summed E-state index contributed by atoms with van der Waals surface area (Å²) in [6, 6.07) is 8.28. The Labute approximate surface area is 186 Å². The standard InChI is InChI=1S/C24H25FN4O3/c1-15-12-28(14-27-15)21-8-5-18(9-22(21)31-4)10-23-24(30)29(13-16(2)32-23)17(3)20-7-6-19(25)11-26-20/h5-12,14,16-17H,13H2,1-4H3/b23-10-/t16-,17+/m0/s1. The van der Waals surface area contributed by atoms with Crippen LogP contribution in [0.15, 0.2) is 54.8 Å². The number of aryl methyl sites for hydroxylation is 1. The minimum absolute atomic E-state index is 0.197. The van der Waals surface area contributed by atoms with Crippen molar-refractivity contribution in [2.45, 2.75) is 32.9 Å². The van der Waals surface area contributed by atoms with Gasteiger partial charge in [-0.05, 0) is 56.7 Å². The number of carbonyl (C=O) groups excluding carboxylic acids is 1. The fourth-order valence-electron chi connectivity index (χ4n) is 3.73. The lowest BCUT2D eigenvalue weighted by molar-refractivity contribution is -0.141. The van der Waals surface area contributed by atoms with E-state index < -0.39 is 5.82 Å². The fourth-order valence-corrected chi connectivity index (χ4v) is 3.73. The average molecular weight is 436 g/mol. The topological polar surface area (TPSA) is 69.5 Å².